The third-order valence-electron chi connectivity index (χ3n) is 3.14. The van der Waals surface area contributed by atoms with E-state index >= 15 is 0 Å². The van der Waals surface area contributed by atoms with Gasteiger partial charge < -0.3 is 20.0 Å². The molecule has 0 heterocycles. The number of hydrogen-bond donors (Lipinski definition) is 3. The number of carbonyl (C=O) groups excluding carboxylic acids is 1. The van der Waals surface area contributed by atoms with Gasteiger partial charge in [0.15, 0.2) is 0 Å². The third-order valence-corrected chi connectivity index (χ3v) is 3.32. The quantitative estimate of drug-likeness (QED) is 0.449. The van der Waals surface area contributed by atoms with E-state index in [0.717, 1.165) is 6.42 Å². The fourth-order valence-corrected chi connectivity index (χ4v) is 2.59. The van der Waals surface area contributed by atoms with Crippen molar-refractivity contribution in [3.8, 4) is 0 Å². The summed E-state index contributed by atoms with van der Waals surface area (Å²) < 4.78 is 9.90. The van der Waals surface area contributed by atoms with E-state index in [1.165, 1.54) is 0 Å². The van der Waals surface area contributed by atoms with Crippen LogP contribution in [0.25, 0.3) is 0 Å². The molecule has 6 heteroatoms. The molecule has 0 spiro atoms. The Morgan fingerprint density at radius 1 is 1.25 bits per heavy atom. The molecule has 0 aliphatic carbocycles. The van der Waals surface area contributed by atoms with E-state index in [2.05, 4.69) is 36.3 Å². The number of methoxy groups -OCH3 is 1. The number of thiol groups is 1. The lowest BCUT2D eigenvalue weighted by Crippen LogP contribution is -2.58. The first-order chi connectivity index (χ1) is 8.96. The van der Waals surface area contributed by atoms with Crippen LogP contribution >= 0.6 is 12.9 Å². The molecule has 120 valence electrons. The van der Waals surface area contributed by atoms with Crippen LogP contribution in [0.15, 0.2) is 0 Å². The van der Waals surface area contributed by atoms with Gasteiger partial charge in [0.1, 0.15) is 0 Å². The summed E-state index contributed by atoms with van der Waals surface area (Å²) in [5.41, 5.74) is 4.68. The van der Waals surface area contributed by atoms with Crippen LogP contribution in [-0.2, 0) is 13.7 Å². The van der Waals surface area contributed by atoms with E-state index in [0.29, 0.717) is 19.6 Å². The number of amides is 1. The average Bonchev–Trinajstić information content (AvgIpc) is 2.23. The van der Waals surface area contributed by atoms with Crippen molar-refractivity contribution in [2.24, 2.45) is 11.1 Å². The smallest absolute Gasteiger partial charge is 0.240 e. The Morgan fingerprint density at radius 2 is 1.80 bits per heavy atom. The number of hydrogen-bond acceptors (Lipinski definition) is 5. The maximum absolute atomic E-state index is 12.3. The predicted molar refractivity (Wildman–Crippen MR) is 84.6 cm³/mol. The molecular weight excluding hydrogens is 276 g/mol. The van der Waals surface area contributed by atoms with Crippen molar-refractivity contribution in [3.63, 3.8) is 0 Å². The zero-order valence-corrected chi connectivity index (χ0v) is 14.5. The standard InChI is InChI=1S/C14H30N2O3S/c1-12(2,10-18-6)9-13(3,4)16-11(17)14(5,15)7-8-19-20/h20H,7-10,15H2,1-6H3,(H,16,17). The average molecular weight is 306 g/mol. The van der Waals surface area contributed by atoms with Crippen LogP contribution in [0.1, 0.15) is 47.5 Å². The number of carbonyl (C=O) groups is 1. The zero-order chi connectivity index (χ0) is 16.0. The molecule has 0 aromatic heterocycles. The second-order valence-electron chi connectivity index (χ2n) is 7.11. The molecule has 0 radical (unpaired) electrons. The minimum absolute atomic E-state index is 0.0231. The summed E-state index contributed by atoms with van der Waals surface area (Å²) >= 11 is 3.67. The molecule has 1 unspecified atom stereocenters. The lowest BCUT2D eigenvalue weighted by Gasteiger charge is -2.37. The maximum atomic E-state index is 12.3. The number of nitrogens with two attached hydrogens (primary N) is 1. The highest BCUT2D eigenvalue weighted by Crippen LogP contribution is 2.28. The van der Waals surface area contributed by atoms with Gasteiger partial charge in [-0.05, 0) is 51.9 Å². The van der Waals surface area contributed by atoms with Gasteiger partial charge in [-0.3, -0.25) is 4.79 Å². The van der Waals surface area contributed by atoms with Gasteiger partial charge in [-0.1, -0.05) is 13.8 Å². The summed E-state index contributed by atoms with van der Waals surface area (Å²) in [6.45, 7) is 10.9. The van der Waals surface area contributed by atoms with Gasteiger partial charge in [-0.2, -0.15) is 0 Å². The van der Waals surface area contributed by atoms with E-state index in [1.807, 2.05) is 13.8 Å². The van der Waals surface area contributed by atoms with Crippen molar-refractivity contribution in [1.29, 1.82) is 0 Å². The van der Waals surface area contributed by atoms with Gasteiger partial charge in [-0.25, -0.2) is 0 Å². The van der Waals surface area contributed by atoms with Crippen LogP contribution < -0.4 is 11.1 Å². The topological polar surface area (TPSA) is 73.6 Å². The Balaban J connectivity index is 4.63. The first-order valence-electron chi connectivity index (χ1n) is 6.83. The molecule has 0 saturated carbocycles. The van der Waals surface area contributed by atoms with E-state index in [-0.39, 0.29) is 16.9 Å². The highest BCUT2D eigenvalue weighted by molar-refractivity contribution is 7.75. The minimum atomic E-state index is -0.967. The Morgan fingerprint density at radius 3 is 2.25 bits per heavy atom. The van der Waals surface area contributed by atoms with Gasteiger partial charge in [0.25, 0.3) is 0 Å². The highest BCUT2D eigenvalue weighted by Gasteiger charge is 2.35. The molecule has 1 amide bonds. The van der Waals surface area contributed by atoms with Crippen LogP contribution in [0.4, 0.5) is 0 Å². The first kappa shape index (κ1) is 19.7. The van der Waals surface area contributed by atoms with Crippen molar-refractivity contribution >= 4 is 18.8 Å². The summed E-state index contributed by atoms with van der Waals surface area (Å²) in [6.07, 6.45) is 1.21. The Kier molecular flexibility index (Phi) is 7.52. The fourth-order valence-electron chi connectivity index (χ4n) is 2.50. The third kappa shape index (κ3) is 7.47. The monoisotopic (exact) mass is 306 g/mol. The summed E-state index contributed by atoms with van der Waals surface area (Å²) in [4.78, 5) is 12.3. The molecule has 5 nitrogen and oxygen atoms in total. The summed E-state index contributed by atoms with van der Waals surface area (Å²) in [7, 11) is 1.68. The molecule has 0 aromatic rings. The summed E-state index contributed by atoms with van der Waals surface area (Å²) in [6, 6.07) is 0. The molecule has 1 atom stereocenters. The van der Waals surface area contributed by atoms with Gasteiger partial charge in [0.05, 0.1) is 18.8 Å². The molecule has 0 bridgehead atoms. The molecule has 0 aliphatic rings. The van der Waals surface area contributed by atoms with Crippen molar-refractivity contribution in [2.45, 2.75) is 58.5 Å². The molecular formula is C14H30N2O3S. The van der Waals surface area contributed by atoms with E-state index in [9.17, 15) is 4.79 Å². The van der Waals surface area contributed by atoms with Crippen molar-refractivity contribution in [2.75, 3.05) is 20.3 Å². The first-order valence-corrected chi connectivity index (χ1v) is 7.19. The second kappa shape index (κ2) is 7.64. The van der Waals surface area contributed by atoms with E-state index in [1.54, 1.807) is 14.0 Å². The highest BCUT2D eigenvalue weighted by atomic mass is 32.1. The number of rotatable bonds is 9. The lowest BCUT2D eigenvalue weighted by molar-refractivity contribution is -0.128. The van der Waals surface area contributed by atoms with E-state index in [4.69, 9.17) is 10.5 Å². The SMILES string of the molecule is COCC(C)(C)CC(C)(C)NC(=O)C(C)(N)CCOS. The van der Waals surface area contributed by atoms with Gasteiger partial charge >= 0.3 is 0 Å². The minimum Gasteiger partial charge on any atom is -0.384 e. The Labute approximate surface area is 128 Å². The van der Waals surface area contributed by atoms with Crippen LogP contribution in [0.3, 0.4) is 0 Å². The van der Waals surface area contributed by atoms with Crippen LogP contribution in [-0.4, -0.2) is 37.3 Å². The molecule has 0 aromatic carbocycles. The number of ether oxygens (including phenoxy) is 1. The van der Waals surface area contributed by atoms with Gasteiger partial charge in [-0.15, -0.1) is 0 Å². The van der Waals surface area contributed by atoms with E-state index < -0.39 is 5.54 Å². The molecule has 0 fully saturated rings. The van der Waals surface area contributed by atoms with Gasteiger partial charge in [0.2, 0.25) is 5.91 Å². The second-order valence-corrected chi connectivity index (χ2v) is 7.37. The van der Waals surface area contributed by atoms with Crippen LogP contribution in [0.2, 0.25) is 0 Å². The van der Waals surface area contributed by atoms with Gasteiger partial charge in [0, 0.05) is 12.6 Å². The summed E-state index contributed by atoms with van der Waals surface area (Å²) in [5.74, 6) is -0.180. The lowest BCUT2D eigenvalue weighted by atomic mass is 9.80. The number of nitrogens with one attached hydrogen (secondary N) is 1. The van der Waals surface area contributed by atoms with Crippen LogP contribution in [0.5, 0.6) is 0 Å². The predicted octanol–water partition coefficient (Wildman–Crippen LogP) is 1.91. The largest absolute Gasteiger partial charge is 0.384 e. The Hall–Kier alpha value is -0.300. The maximum Gasteiger partial charge on any atom is 0.240 e. The Bertz CT molecular complexity index is 318. The fraction of sp³-hybridized carbons (Fsp3) is 0.929. The molecule has 20 heavy (non-hydrogen) atoms. The molecule has 0 rings (SSSR count). The molecule has 3 N–H and O–H groups in total. The van der Waals surface area contributed by atoms with Crippen molar-refractivity contribution in [3.05, 3.63) is 0 Å². The van der Waals surface area contributed by atoms with Crippen molar-refractivity contribution < 1.29 is 13.7 Å². The zero-order valence-electron chi connectivity index (χ0n) is 13.6. The molecule has 0 aliphatic heterocycles. The summed E-state index contributed by atoms with van der Waals surface area (Å²) in [5, 5.41) is 3.02. The van der Waals surface area contributed by atoms with Crippen molar-refractivity contribution in [1.82, 2.24) is 5.32 Å². The molecule has 0 saturated heterocycles. The van der Waals surface area contributed by atoms with Crippen LogP contribution in [0, 0.1) is 5.41 Å². The normalized spacial score (nSPS) is 15.8.